The second-order valence-electron chi connectivity index (χ2n) is 7.56. The molecule has 5 heteroatoms. The van der Waals surface area contributed by atoms with Crippen LogP contribution in [0, 0.1) is 5.92 Å². The monoisotopic (exact) mass is 342 g/mol. The lowest BCUT2D eigenvalue weighted by atomic mass is 9.99. The molecule has 1 amide bonds. The maximum atomic E-state index is 12.4. The van der Waals surface area contributed by atoms with Gasteiger partial charge in [0, 0.05) is 43.4 Å². The molecule has 0 aromatic heterocycles. The minimum absolute atomic E-state index is 0.00422. The van der Waals surface area contributed by atoms with Gasteiger partial charge in [0.1, 0.15) is 0 Å². The van der Waals surface area contributed by atoms with Crippen LogP contribution in [0.2, 0.25) is 0 Å². The molecule has 5 nitrogen and oxygen atoms in total. The Morgan fingerprint density at radius 3 is 2.72 bits per heavy atom. The fourth-order valence-electron chi connectivity index (χ4n) is 3.64. The normalized spacial score (nSPS) is 22.6. The van der Waals surface area contributed by atoms with E-state index in [1.54, 1.807) is 0 Å². The topological polar surface area (TPSA) is 47.9 Å². The number of anilines is 1. The van der Waals surface area contributed by atoms with Gasteiger partial charge in [0.05, 0.1) is 5.69 Å². The van der Waals surface area contributed by atoms with Crippen molar-refractivity contribution >= 4 is 17.3 Å². The number of amides is 1. The molecule has 1 N–H and O–H groups in total. The highest BCUT2D eigenvalue weighted by Gasteiger charge is 2.21. The van der Waals surface area contributed by atoms with Crippen LogP contribution in [0.1, 0.15) is 50.4 Å². The number of likely N-dealkylation sites (tertiary alicyclic amines) is 1. The molecular formula is C20H30N4O. The van der Waals surface area contributed by atoms with Gasteiger partial charge in [0.15, 0.2) is 0 Å². The van der Waals surface area contributed by atoms with Gasteiger partial charge in [-0.2, -0.15) is 5.10 Å². The van der Waals surface area contributed by atoms with Gasteiger partial charge < -0.3 is 5.32 Å². The second kappa shape index (κ2) is 8.00. The number of benzene rings is 1. The van der Waals surface area contributed by atoms with Crippen LogP contribution < -0.4 is 10.3 Å². The molecule has 1 saturated heterocycles. The fraction of sp³-hybridized carbons (Fsp3) is 0.600. The van der Waals surface area contributed by atoms with Gasteiger partial charge in [0.2, 0.25) is 0 Å². The van der Waals surface area contributed by atoms with Gasteiger partial charge in [-0.15, -0.1) is 0 Å². The molecule has 0 unspecified atom stereocenters. The highest BCUT2D eigenvalue weighted by molar-refractivity contribution is 5.94. The number of piperidine rings is 1. The third-order valence-electron chi connectivity index (χ3n) is 5.27. The largest absolute Gasteiger partial charge is 0.350 e. The number of carbonyl (C=O) groups excluding carboxylic acids is 1. The van der Waals surface area contributed by atoms with E-state index in [0.717, 1.165) is 43.4 Å². The van der Waals surface area contributed by atoms with Crippen LogP contribution in [0.5, 0.6) is 0 Å². The van der Waals surface area contributed by atoms with E-state index in [1.807, 2.05) is 36.2 Å². The van der Waals surface area contributed by atoms with Crippen molar-refractivity contribution in [3.63, 3.8) is 0 Å². The Morgan fingerprint density at radius 2 is 2.08 bits per heavy atom. The summed E-state index contributed by atoms with van der Waals surface area (Å²) in [4.78, 5) is 14.9. The van der Waals surface area contributed by atoms with Crippen molar-refractivity contribution in [2.75, 3.05) is 31.2 Å². The molecule has 1 aromatic carbocycles. The number of hydrazone groups is 1. The zero-order chi connectivity index (χ0) is 17.8. The maximum Gasteiger partial charge on any atom is 0.251 e. The molecule has 1 aromatic rings. The first-order valence-corrected chi connectivity index (χ1v) is 9.47. The summed E-state index contributed by atoms with van der Waals surface area (Å²) in [5, 5.41) is 9.58. The summed E-state index contributed by atoms with van der Waals surface area (Å²) in [7, 11) is 0. The highest BCUT2D eigenvalue weighted by Crippen LogP contribution is 2.20. The van der Waals surface area contributed by atoms with Gasteiger partial charge in [-0.25, -0.2) is 0 Å². The van der Waals surface area contributed by atoms with Gasteiger partial charge in [0.25, 0.3) is 5.91 Å². The predicted molar refractivity (Wildman–Crippen MR) is 103 cm³/mol. The Hall–Kier alpha value is -1.88. The molecule has 2 heterocycles. The van der Waals surface area contributed by atoms with Gasteiger partial charge >= 0.3 is 0 Å². The Morgan fingerprint density at radius 1 is 1.32 bits per heavy atom. The molecule has 0 spiro atoms. The van der Waals surface area contributed by atoms with Crippen LogP contribution in [0.3, 0.4) is 0 Å². The minimum atomic E-state index is 0.00422. The van der Waals surface area contributed by atoms with Crippen molar-refractivity contribution in [3.8, 4) is 0 Å². The van der Waals surface area contributed by atoms with Gasteiger partial charge in [-0.3, -0.25) is 14.7 Å². The fourth-order valence-corrected chi connectivity index (χ4v) is 3.64. The second-order valence-corrected chi connectivity index (χ2v) is 7.56. The molecule has 2 aliphatic heterocycles. The first kappa shape index (κ1) is 17.9. The molecule has 2 aliphatic rings. The predicted octanol–water partition coefficient (Wildman–Crippen LogP) is 3.12. The zero-order valence-corrected chi connectivity index (χ0v) is 15.7. The van der Waals surface area contributed by atoms with E-state index < -0.39 is 0 Å². The summed E-state index contributed by atoms with van der Waals surface area (Å²) in [6.45, 7) is 10.5. The number of hydrogen-bond donors (Lipinski definition) is 1. The molecule has 25 heavy (non-hydrogen) atoms. The molecule has 3 rings (SSSR count). The van der Waals surface area contributed by atoms with E-state index in [2.05, 4.69) is 29.2 Å². The maximum absolute atomic E-state index is 12.4. The average Bonchev–Trinajstić information content (AvgIpc) is 3.06. The van der Waals surface area contributed by atoms with Crippen molar-refractivity contribution in [3.05, 3.63) is 29.8 Å². The molecule has 0 saturated carbocycles. The smallest absolute Gasteiger partial charge is 0.251 e. The molecule has 0 radical (unpaired) electrons. The van der Waals surface area contributed by atoms with Crippen molar-refractivity contribution < 1.29 is 4.79 Å². The first-order chi connectivity index (χ1) is 12.0. The van der Waals surface area contributed by atoms with Gasteiger partial charge in [-0.1, -0.05) is 6.92 Å². The highest BCUT2D eigenvalue weighted by atomic mass is 16.1. The summed E-state index contributed by atoms with van der Waals surface area (Å²) in [5.74, 6) is 0.765. The molecule has 0 aliphatic carbocycles. The van der Waals surface area contributed by atoms with Crippen LogP contribution in [-0.2, 0) is 0 Å². The Bertz CT molecular complexity index is 625. The number of rotatable bonds is 5. The van der Waals surface area contributed by atoms with Crippen LogP contribution in [-0.4, -0.2) is 48.7 Å². The molecule has 1 fully saturated rings. The number of carbonyl (C=O) groups is 1. The summed E-state index contributed by atoms with van der Waals surface area (Å²) < 4.78 is 0. The summed E-state index contributed by atoms with van der Waals surface area (Å²) in [6.07, 6.45) is 3.59. The Kier molecular flexibility index (Phi) is 5.74. The zero-order valence-electron chi connectivity index (χ0n) is 15.7. The van der Waals surface area contributed by atoms with Crippen LogP contribution in [0.25, 0.3) is 0 Å². The first-order valence-electron chi connectivity index (χ1n) is 9.47. The lowest BCUT2D eigenvalue weighted by Gasteiger charge is -2.35. The van der Waals surface area contributed by atoms with E-state index in [9.17, 15) is 4.79 Å². The van der Waals surface area contributed by atoms with E-state index in [-0.39, 0.29) is 5.91 Å². The van der Waals surface area contributed by atoms with E-state index in [0.29, 0.717) is 18.2 Å². The third kappa shape index (κ3) is 4.60. The lowest BCUT2D eigenvalue weighted by Crippen LogP contribution is -2.46. The Labute approximate surface area is 151 Å². The van der Waals surface area contributed by atoms with E-state index >= 15 is 0 Å². The molecular weight excluding hydrogens is 312 g/mol. The summed E-state index contributed by atoms with van der Waals surface area (Å²) >= 11 is 0. The Balaban J connectivity index is 1.51. The van der Waals surface area contributed by atoms with Crippen LogP contribution >= 0.6 is 0 Å². The van der Waals surface area contributed by atoms with E-state index in [1.165, 1.54) is 12.8 Å². The minimum Gasteiger partial charge on any atom is -0.350 e. The average molecular weight is 342 g/mol. The van der Waals surface area contributed by atoms with Crippen LogP contribution in [0.15, 0.2) is 29.4 Å². The number of nitrogens with one attached hydrogen (secondary N) is 1. The third-order valence-corrected chi connectivity index (χ3v) is 5.27. The number of hydrogen-bond acceptors (Lipinski definition) is 4. The van der Waals surface area contributed by atoms with Crippen molar-refractivity contribution in [2.45, 2.75) is 46.1 Å². The molecule has 2 atom stereocenters. The van der Waals surface area contributed by atoms with Crippen molar-refractivity contribution in [1.82, 2.24) is 10.2 Å². The van der Waals surface area contributed by atoms with Crippen molar-refractivity contribution in [2.24, 2.45) is 11.0 Å². The molecule has 136 valence electrons. The summed E-state index contributed by atoms with van der Waals surface area (Å²) in [5.41, 5.74) is 2.91. The van der Waals surface area contributed by atoms with Crippen LogP contribution in [0.4, 0.5) is 5.69 Å². The number of nitrogens with zero attached hydrogens (tertiary/aromatic N) is 3. The summed E-state index contributed by atoms with van der Waals surface area (Å²) in [6, 6.07) is 8.12. The van der Waals surface area contributed by atoms with Crippen molar-refractivity contribution in [1.29, 1.82) is 0 Å². The van der Waals surface area contributed by atoms with E-state index in [4.69, 9.17) is 0 Å². The molecule has 0 bridgehead atoms. The lowest BCUT2D eigenvalue weighted by molar-refractivity contribution is 0.0917. The van der Waals surface area contributed by atoms with Gasteiger partial charge in [-0.05, 0) is 63.4 Å². The SMILES string of the molecule is CC1=NN(c2ccc(C(=O)NC[C@H](C)N3CCC[C@@H](C)C3)cc2)CC1. The quantitative estimate of drug-likeness (QED) is 0.894. The standard InChI is InChI=1S/C20H30N4O/c1-15-5-4-11-23(14-15)17(3)13-21-20(25)18-6-8-19(9-7-18)24-12-10-16(2)22-24/h6-9,15,17H,4-5,10-14H2,1-3H3,(H,21,25)/t15-,17+/m1/s1.